The molecule has 1 fully saturated rings. The van der Waals surface area contributed by atoms with E-state index < -0.39 is 0 Å². The van der Waals surface area contributed by atoms with Gasteiger partial charge in [0.1, 0.15) is 5.76 Å². The van der Waals surface area contributed by atoms with Gasteiger partial charge < -0.3 is 9.32 Å². The molecule has 1 aliphatic rings. The van der Waals surface area contributed by atoms with Crippen molar-refractivity contribution in [1.29, 1.82) is 0 Å². The van der Waals surface area contributed by atoms with Crippen LogP contribution >= 0.6 is 0 Å². The van der Waals surface area contributed by atoms with Crippen molar-refractivity contribution in [1.82, 2.24) is 4.90 Å². The molecular weight excluding hydrogens is 190 g/mol. The molecule has 15 heavy (non-hydrogen) atoms. The third-order valence-corrected chi connectivity index (χ3v) is 2.60. The van der Waals surface area contributed by atoms with E-state index in [1.54, 1.807) is 18.4 Å². The second-order valence-corrected chi connectivity index (χ2v) is 3.73. The largest absolute Gasteiger partial charge is 0.465 e. The zero-order valence-corrected chi connectivity index (χ0v) is 8.69. The molecule has 0 spiro atoms. The highest BCUT2D eigenvalue weighted by molar-refractivity contribution is 5.91. The topological polar surface area (TPSA) is 33.5 Å². The summed E-state index contributed by atoms with van der Waals surface area (Å²) in [5, 5.41) is 0. The van der Waals surface area contributed by atoms with Crippen LogP contribution in [0.25, 0.3) is 6.08 Å². The van der Waals surface area contributed by atoms with Gasteiger partial charge in [-0.1, -0.05) is 0 Å². The summed E-state index contributed by atoms with van der Waals surface area (Å²) in [4.78, 5) is 13.6. The van der Waals surface area contributed by atoms with E-state index >= 15 is 0 Å². The maximum atomic E-state index is 11.7. The molecule has 0 unspecified atom stereocenters. The number of rotatable bonds is 2. The van der Waals surface area contributed by atoms with Gasteiger partial charge in [0.05, 0.1) is 6.26 Å². The van der Waals surface area contributed by atoms with Crippen LogP contribution in [-0.4, -0.2) is 23.9 Å². The molecule has 0 radical (unpaired) electrons. The zero-order valence-electron chi connectivity index (χ0n) is 8.69. The zero-order chi connectivity index (χ0) is 10.5. The fourth-order valence-electron chi connectivity index (χ4n) is 1.76. The molecule has 0 bridgehead atoms. The summed E-state index contributed by atoms with van der Waals surface area (Å²) >= 11 is 0. The van der Waals surface area contributed by atoms with Gasteiger partial charge >= 0.3 is 0 Å². The summed E-state index contributed by atoms with van der Waals surface area (Å²) in [6.45, 7) is 1.78. The minimum atomic E-state index is 0.0890. The maximum absolute atomic E-state index is 11.7. The Labute approximate surface area is 89.4 Å². The molecule has 1 saturated heterocycles. The number of carbonyl (C=O) groups is 1. The van der Waals surface area contributed by atoms with Gasteiger partial charge in [0, 0.05) is 19.2 Å². The fraction of sp³-hybridized carbons (Fsp3) is 0.417. The van der Waals surface area contributed by atoms with Crippen LogP contribution in [-0.2, 0) is 4.79 Å². The molecule has 0 N–H and O–H groups in total. The van der Waals surface area contributed by atoms with Gasteiger partial charge in [0.15, 0.2) is 0 Å². The molecule has 1 aromatic heterocycles. The third-order valence-electron chi connectivity index (χ3n) is 2.60. The standard InChI is InChI=1S/C12H15NO2/c14-12(13-8-2-1-3-9-13)7-6-11-5-4-10-15-11/h4-7,10H,1-3,8-9H2/b7-6+. The first-order valence-electron chi connectivity index (χ1n) is 5.37. The Morgan fingerprint density at radius 1 is 1.33 bits per heavy atom. The molecule has 0 aliphatic carbocycles. The van der Waals surface area contributed by atoms with E-state index in [1.165, 1.54) is 6.42 Å². The van der Waals surface area contributed by atoms with Crippen LogP contribution in [0.15, 0.2) is 28.9 Å². The lowest BCUT2D eigenvalue weighted by atomic mass is 10.1. The van der Waals surface area contributed by atoms with E-state index in [1.807, 2.05) is 17.0 Å². The number of nitrogens with zero attached hydrogens (tertiary/aromatic N) is 1. The van der Waals surface area contributed by atoms with Crippen LogP contribution in [0.2, 0.25) is 0 Å². The molecule has 80 valence electrons. The number of piperidine rings is 1. The van der Waals surface area contributed by atoms with Crippen LogP contribution in [0.3, 0.4) is 0 Å². The van der Waals surface area contributed by atoms with Gasteiger partial charge in [-0.3, -0.25) is 4.79 Å². The van der Waals surface area contributed by atoms with E-state index in [0.717, 1.165) is 31.7 Å². The molecule has 0 atom stereocenters. The Morgan fingerprint density at radius 3 is 2.80 bits per heavy atom. The summed E-state index contributed by atoms with van der Waals surface area (Å²) in [5.41, 5.74) is 0. The van der Waals surface area contributed by atoms with Crippen LogP contribution in [0.5, 0.6) is 0 Å². The Bertz CT molecular complexity index is 335. The SMILES string of the molecule is O=C(/C=C/c1ccco1)N1CCCCC1. The number of hydrogen-bond acceptors (Lipinski definition) is 2. The van der Waals surface area contributed by atoms with E-state index in [0.29, 0.717) is 0 Å². The molecule has 3 nitrogen and oxygen atoms in total. The van der Waals surface area contributed by atoms with Crippen LogP contribution in [0.1, 0.15) is 25.0 Å². The fourth-order valence-corrected chi connectivity index (χ4v) is 1.76. The maximum Gasteiger partial charge on any atom is 0.246 e. The molecule has 2 heterocycles. The van der Waals surface area contributed by atoms with Gasteiger partial charge in [-0.2, -0.15) is 0 Å². The average Bonchev–Trinajstić information content (AvgIpc) is 2.80. The molecule has 3 heteroatoms. The number of hydrogen-bond donors (Lipinski definition) is 0. The van der Waals surface area contributed by atoms with Crippen LogP contribution < -0.4 is 0 Å². The highest BCUT2D eigenvalue weighted by atomic mass is 16.3. The van der Waals surface area contributed by atoms with Crippen molar-refractivity contribution in [3.05, 3.63) is 30.2 Å². The quantitative estimate of drug-likeness (QED) is 0.694. The Kier molecular flexibility index (Phi) is 3.22. The lowest BCUT2D eigenvalue weighted by Gasteiger charge is -2.25. The van der Waals surface area contributed by atoms with Crippen molar-refractivity contribution in [3.8, 4) is 0 Å². The van der Waals surface area contributed by atoms with Crippen molar-refractivity contribution in [2.24, 2.45) is 0 Å². The lowest BCUT2D eigenvalue weighted by Crippen LogP contribution is -2.34. The van der Waals surface area contributed by atoms with E-state index in [9.17, 15) is 4.79 Å². The van der Waals surface area contributed by atoms with Gasteiger partial charge in [-0.25, -0.2) is 0 Å². The highest BCUT2D eigenvalue weighted by Gasteiger charge is 2.13. The molecule has 1 amide bonds. The smallest absolute Gasteiger partial charge is 0.246 e. The summed E-state index contributed by atoms with van der Waals surface area (Å²) in [7, 11) is 0. The normalized spacial score (nSPS) is 17.2. The van der Waals surface area contributed by atoms with E-state index in [-0.39, 0.29) is 5.91 Å². The second kappa shape index (κ2) is 4.82. The molecule has 0 aromatic carbocycles. The molecule has 2 rings (SSSR count). The van der Waals surface area contributed by atoms with E-state index in [4.69, 9.17) is 4.42 Å². The van der Waals surface area contributed by atoms with E-state index in [2.05, 4.69) is 0 Å². The Morgan fingerprint density at radius 2 is 2.13 bits per heavy atom. The predicted octanol–water partition coefficient (Wildman–Crippen LogP) is 2.31. The second-order valence-electron chi connectivity index (χ2n) is 3.73. The van der Waals surface area contributed by atoms with Crippen LogP contribution in [0.4, 0.5) is 0 Å². The first-order chi connectivity index (χ1) is 7.36. The average molecular weight is 205 g/mol. The lowest BCUT2D eigenvalue weighted by molar-refractivity contribution is -0.126. The number of carbonyl (C=O) groups excluding carboxylic acids is 1. The molecular formula is C12H15NO2. The predicted molar refractivity (Wildman–Crippen MR) is 58.2 cm³/mol. The summed E-state index contributed by atoms with van der Waals surface area (Å²) < 4.78 is 5.11. The Balaban J connectivity index is 1.91. The summed E-state index contributed by atoms with van der Waals surface area (Å²) in [6, 6.07) is 3.64. The molecule has 1 aliphatic heterocycles. The Hall–Kier alpha value is -1.51. The summed E-state index contributed by atoms with van der Waals surface area (Å²) in [5.74, 6) is 0.812. The number of furan rings is 1. The van der Waals surface area contributed by atoms with Gasteiger partial charge in [-0.15, -0.1) is 0 Å². The van der Waals surface area contributed by atoms with Crippen molar-refractivity contribution in [3.63, 3.8) is 0 Å². The molecule has 0 saturated carbocycles. The highest BCUT2D eigenvalue weighted by Crippen LogP contribution is 2.10. The van der Waals surface area contributed by atoms with Gasteiger partial charge in [0.2, 0.25) is 5.91 Å². The molecule has 1 aromatic rings. The minimum absolute atomic E-state index is 0.0890. The summed E-state index contributed by atoms with van der Waals surface area (Å²) in [6.07, 6.45) is 8.40. The third kappa shape index (κ3) is 2.72. The minimum Gasteiger partial charge on any atom is -0.465 e. The van der Waals surface area contributed by atoms with Crippen molar-refractivity contribution in [2.45, 2.75) is 19.3 Å². The first kappa shape index (κ1) is 10.0. The van der Waals surface area contributed by atoms with Crippen LogP contribution in [0, 0.1) is 0 Å². The van der Waals surface area contributed by atoms with Crippen molar-refractivity contribution < 1.29 is 9.21 Å². The monoisotopic (exact) mass is 205 g/mol. The van der Waals surface area contributed by atoms with Crippen molar-refractivity contribution >= 4 is 12.0 Å². The number of amides is 1. The van der Waals surface area contributed by atoms with Gasteiger partial charge in [-0.05, 0) is 37.5 Å². The number of likely N-dealkylation sites (tertiary alicyclic amines) is 1. The van der Waals surface area contributed by atoms with Crippen molar-refractivity contribution in [2.75, 3.05) is 13.1 Å². The van der Waals surface area contributed by atoms with Gasteiger partial charge in [0.25, 0.3) is 0 Å². The first-order valence-corrected chi connectivity index (χ1v) is 5.37.